The molecule has 4 aliphatic rings. The first-order valence-electron chi connectivity index (χ1n) is 13.7. The third kappa shape index (κ3) is 5.38. The van der Waals surface area contributed by atoms with Gasteiger partial charge in [0.2, 0.25) is 5.91 Å². The van der Waals surface area contributed by atoms with Gasteiger partial charge in [-0.25, -0.2) is 14.4 Å². The quantitative estimate of drug-likeness (QED) is 0.214. The van der Waals surface area contributed by atoms with E-state index in [1.54, 1.807) is 9.80 Å². The molecule has 0 spiro atoms. The highest BCUT2D eigenvalue weighted by Gasteiger charge is 2.60. The number of non-ortho nitro benzene ring substituents is 1. The zero-order chi connectivity index (χ0) is 30.5. The van der Waals surface area contributed by atoms with Gasteiger partial charge in [-0.15, -0.1) is 11.8 Å². The van der Waals surface area contributed by atoms with Crippen LogP contribution in [0.5, 0.6) is 0 Å². The van der Waals surface area contributed by atoms with Gasteiger partial charge in [0.05, 0.1) is 29.0 Å². The number of nitrogens with zero attached hydrogens (tertiary/aromatic N) is 4. The Morgan fingerprint density at radius 1 is 1.21 bits per heavy atom. The fourth-order valence-corrected chi connectivity index (χ4v) is 7.89. The number of carbonyl (C=O) groups excluding carboxylic acids is 3. The Labute approximate surface area is 245 Å². The predicted molar refractivity (Wildman–Crippen MR) is 149 cm³/mol. The number of carboxylic acid groups (broad SMARTS) is 1. The van der Waals surface area contributed by atoms with Gasteiger partial charge in [0.15, 0.2) is 0 Å². The Balaban J connectivity index is 1.32. The van der Waals surface area contributed by atoms with Crippen molar-refractivity contribution >= 4 is 41.5 Å². The van der Waals surface area contributed by atoms with Crippen LogP contribution in [0.15, 0.2) is 34.9 Å². The molecule has 4 amide bonds. The van der Waals surface area contributed by atoms with Crippen LogP contribution in [0.25, 0.3) is 0 Å². The third-order valence-corrected chi connectivity index (χ3v) is 9.80. The highest BCUT2D eigenvalue weighted by Crippen LogP contribution is 2.52. The lowest BCUT2D eigenvalue weighted by molar-refractivity contribution is -0.384. The number of aliphatic hydroxyl groups excluding tert-OH is 1. The molecule has 0 saturated carbocycles. The third-order valence-electron chi connectivity index (χ3n) is 8.31. The minimum absolute atomic E-state index is 0.0434. The number of likely N-dealkylation sites (tertiary alicyclic amines) is 1. The van der Waals surface area contributed by atoms with Crippen LogP contribution in [0.4, 0.5) is 15.3 Å². The van der Waals surface area contributed by atoms with E-state index in [0.29, 0.717) is 23.4 Å². The number of β-lactam (4-membered cyclic amide) rings is 1. The second kappa shape index (κ2) is 11.4. The van der Waals surface area contributed by atoms with E-state index >= 15 is 0 Å². The summed E-state index contributed by atoms with van der Waals surface area (Å²) >= 11 is 1.32. The number of amides is 4. The van der Waals surface area contributed by atoms with Crippen molar-refractivity contribution in [3.05, 3.63) is 50.5 Å². The molecule has 0 bridgehead atoms. The molecule has 5 rings (SSSR count). The standard InChI is InChI=1S/C27H33N5O9S/c1-13-9-29(26(37)28-13)10-18-8-19(11-30(18)27(38)41-12-16-4-6-17(7-5-16)32(39)40)42-23-14(2)21-20(15(3)33)24(34)31(21)22(23)25(35)36/h4-7,13-15,18-21,33H,8-12H2,1-3H3,(H,28,37)(H,35,36)/t13?,14-,15-,18+,19+,20-,21-/m1/s1. The summed E-state index contributed by atoms with van der Waals surface area (Å²) in [6.45, 7) is 6.10. The lowest BCUT2D eigenvalue weighted by Gasteiger charge is -2.46. The molecule has 226 valence electrons. The van der Waals surface area contributed by atoms with Crippen molar-refractivity contribution in [3.63, 3.8) is 0 Å². The average Bonchev–Trinajstić information content (AvgIpc) is 3.54. The van der Waals surface area contributed by atoms with Crippen molar-refractivity contribution in [2.75, 3.05) is 19.6 Å². The number of thioether (sulfide) groups is 1. The van der Waals surface area contributed by atoms with E-state index in [2.05, 4.69) is 5.32 Å². The van der Waals surface area contributed by atoms with Crippen molar-refractivity contribution in [1.29, 1.82) is 0 Å². The number of nitro groups is 1. The molecule has 14 nitrogen and oxygen atoms in total. The van der Waals surface area contributed by atoms with E-state index < -0.39 is 47.0 Å². The molecule has 7 atom stereocenters. The summed E-state index contributed by atoms with van der Waals surface area (Å²) in [6.07, 6.45) is -1.07. The summed E-state index contributed by atoms with van der Waals surface area (Å²) in [4.78, 5) is 66.1. The second-order valence-corrected chi connectivity index (χ2v) is 12.6. The normalized spacial score (nSPS) is 29.4. The summed E-state index contributed by atoms with van der Waals surface area (Å²) in [5, 5.41) is 33.7. The first-order valence-corrected chi connectivity index (χ1v) is 14.6. The summed E-state index contributed by atoms with van der Waals surface area (Å²) in [7, 11) is 0. The number of nitro benzene ring substituents is 1. The number of carboxylic acids is 1. The van der Waals surface area contributed by atoms with E-state index in [4.69, 9.17) is 4.74 Å². The van der Waals surface area contributed by atoms with Crippen LogP contribution in [0.3, 0.4) is 0 Å². The Hall–Kier alpha value is -3.85. The van der Waals surface area contributed by atoms with E-state index in [-0.39, 0.29) is 54.3 Å². The van der Waals surface area contributed by atoms with Crippen molar-refractivity contribution in [3.8, 4) is 0 Å². The van der Waals surface area contributed by atoms with Crippen LogP contribution in [0.2, 0.25) is 0 Å². The minimum atomic E-state index is -1.22. The Kier molecular flexibility index (Phi) is 8.07. The highest BCUT2D eigenvalue weighted by molar-refractivity contribution is 8.03. The predicted octanol–water partition coefficient (Wildman–Crippen LogP) is 1.97. The van der Waals surface area contributed by atoms with Crippen molar-refractivity contribution < 1.29 is 39.1 Å². The molecule has 4 heterocycles. The maximum atomic E-state index is 13.3. The van der Waals surface area contributed by atoms with Crippen LogP contribution in [-0.4, -0.2) is 103 Å². The summed E-state index contributed by atoms with van der Waals surface area (Å²) < 4.78 is 5.55. The van der Waals surface area contributed by atoms with Gasteiger partial charge in [0, 0.05) is 53.9 Å². The lowest BCUT2D eigenvalue weighted by Crippen LogP contribution is -2.63. The van der Waals surface area contributed by atoms with E-state index in [0.717, 1.165) is 0 Å². The molecule has 0 radical (unpaired) electrons. The number of hydrogen-bond acceptors (Lipinski definition) is 9. The van der Waals surface area contributed by atoms with Crippen molar-refractivity contribution in [2.45, 2.75) is 63.3 Å². The largest absolute Gasteiger partial charge is 0.477 e. The molecular weight excluding hydrogens is 570 g/mol. The molecule has 1 aromatic rings. The number of aliphatic carboxylic acids is 1. The molecule has 4 aliphatic heterocycles. The number of urea groups is 1. The smallest absolute Gasteiger partial charge is 0.410 e. The molecule has 1 unspecified atom stereocenters. The average molecular weight is 604 g/mol. The number of carbonyl (C=O) groups is 4. The number of rotatable bonds is 9. The van der Waals surface area contributed by atoms with Gasteiger partial charge in [0.25, 0.3) is 5.69 Å². The Morgan fingerprint density at radius 2 is 1.90 bits per heavy atom. The Morgan fingerprint density at radius 3 is 2.48 bits per heavy atom. The Bertz CT molecular complexity index is 1340. The van der Waals surface area contributed by atoms with Gasteiger partial charge in [-0.05, 0) is 38.0 Å². The molecule has 15 heteroatoms. The highest BCUT2D eigenvalue weighted by atomic mass is 32.2. The van der Waals surface area contributed by atoms with E-state index in [1.807, 2.05) is 13.8 Å². The van der Waals surface area contributed by atoms with Gasteiger partial charge in [-0.2, -0.15) is 0 Å². The first-order chi connectivity index (χ1) is 19.9. The number of aliphatic hydroxyl groups is 1. The molecular formula is C27H33N5O9S. The zero-order valence-electron chi connectivity index (χ0n) is 23.3. The number of ether oxygens (including phenoxy) is 1. The zero-order valence-corrected chi connectivity index (χ0v) is 24.2. The second-order valence-electron chi connectivity index (χ2n) is 11.3. The monoisotopic (exact) mass is 603 g/mol. The SMILES string of the molecule is CC1CN(C[C@@H]2C[C@H](SC3=C(C(=O)O)N4C(=O)[C@H]([C@@H](C)O)[C@H]4[C@H]3C)CN2C(=O)OCc2ccc([N+](=O)[O-])cc2)C(=O)N1. The molecule has 42 heavy (non-hydrogen) atoms. The van der Waals surface area contributed by atoms with E-state index in [1.165, 1.54) is 47.9 Å². The maximum Gasteiger partial charge on any atom is 0.410 e. The topological polar surface area (TPSA) is 183 Å². The summed E-state index contributed by atoms with van der Waals surface area (Å²) in [5.41, 5.74) is 0.411. The van der Waals surface area contributed by atoms with Crippen LogP contribution in [0, 0.1) is 22.0 Å². The number of hydrogen-bond donors (Lipinski definition) is 3. The van der Waals surface area contributed by atoms with Crippen molar-refractivity contribution in [2.24, 2.45) is 11.8 Å². The first kappa shape index (κ1) is 29.6. The molecule has 1 aromatic carbocycles. The van der Waals surface area contributed by atoms with Crippen LogP contribution >= 0.6 is 11.8 Å². The number of benzene rings is 1. The van der Waals surface area contributed by atoms with E-state index in [9.17, 15) is 39.5 Å². The fraction of sp³-hybridized carbons (Fsp3) is 0.556. The van der Waals surface area contributed by atoms with Gasteiger partial charge in [-0.3, -0.25) is 14.9 Å². The van der Waals surface area contributed by atoms with Gasteiger partial charge >= 0.3 is 18.1 Å². The molecule has 0 aromatic heterocycles. The van der Waals surface area contributed by atoms with Crippen LogP contribution < -0.4 is 5.32 Å². The maximum absolute atomic E-state index is 13.3. The summed E-state index contributed by atoms with van der Waals surface area (Å²) in [5.74, 6) is -2.62. The van der Waals surface area contributed by atoms with Crippen molar-refractivity contribution in [1.82, 2.24) is 20.0 Å². The molecule has 3 fully saturated rings. The van der Waals surface area contributed by atoms with Gasteiger partial charge in [-0.1, -0.05) is 6.92 Å². The molecule has 3 N–H and O–H groups in total. The lowest BCUT2D eigenvalue weighted by atomic mass is 9.79. The number of nitrogens with one attached hydrogen (secondary N) is 1. The molecule has 3 saturated heterocycles. The summed E-state index contributed by atoms with van der Waals surface area (Å²) in [6, 6.07) is 4.55. The fourth-order valence-electron chi connectivity index (χ4n) is 6.33. The minimum Gasteiger partial charge on any atom is -0.477 e. The van der Waals surface area contributed by atoms with Crippen LogP contribution in [0.1, 0.15) is 32.8 Å². The van der Waals surface area contributed by atoms with Gasteiger partial charge in [0.1, 0.15) is 12.3 Å². The van der Waals surface area contributed by atoms with Crippen LogP contribution in [-0.2, 0) is 20.9 Å². The molecule has 0 aliphatic carbocycles. The van der Waals surface area contributed by atoms with Gasteiger partial charge < -0.3 is 35.0 Å². The number of fused-ring (bicyclic) bond motifs is 1.